The Bertz CT molecular complexity index is 569. The summed E-state index contributed by atoms with van der Waals surface area (Å²) >= 11 is 0. The fourth-order valence-corrected chi connectivity index (χ4v) is 2.00. The summed E-state index contributed by atoms with van der Waals surface area (Å²) in [6.07, 6.45) is 1.81. The van der Waals surface area contributed by atoms with Crippen LogP contribution in [0.4, 0.5) is 11.5 Å². The van der Waals surface area contributed by atoms with E-state index in [0.717, 1.165) is 11.4 Å². The second kappa shape index (κ2) is 6.91. The minimum atomic E-state index is 0.630. The number of nitrogens with one attached hydrogen (secondary N) is 1. The van der Waals surface area contributed by atoms with E-state index in [9.17, 15) is 0 Å². The molecule has 0 aliphatic rings. The monoisotopic (exact) mass is 271 g/mol. The lowest BCUT2D eigenvalue weighted by molar-refractivity contribution is 0.133. The van der Waals surface area contributed by atoms with Crippen molar-refractivity contribution >= 4 is 11.5 Å². The van der Waals surface area contributed by atoms with Crippen molar-refractivity contribution in [1.82, 2.24) is 4.98 Å². The quantitative estimate of drug-likeness (QED) is 0.847. The van der Waals surface area contributed by atoms with Crippen LogP contribution in [0.15, 0.2) is 36.5 Å². The number of anilines is 2. The van der Waals surface area contributed by atoms with Gasteiger partial charge in [0.05, 0.1) is 12.3 Å². The number of nitrogens with two attached hydrogens (primary N) is 1. The van der Waals surface area contributed by atoms with Crippen LogP contribution in [0.25, 0.3) is 0 Å². The predicted molar refractivity (Wildman–Crippen MR) is 82.5 cm³/mol. The number of nitrogens with zero attached hydrogens (tertiary/aromatic N) is 1. The number of hydrogen-bond donors (Lipinski definition) is 2. The molecule has 0 aliphatic heterocycles. The first kappa shape index (κ1) is 14.3. The molecule has 1 heterocycles. The molecule has 4 nitrogen and oxygen atoms in total. The maximum Gasteiger partial charge on any atom is 0.149 e. The number of rotatable bonds is 6. The van der Waals surface area contributed by atoms with Gasteiger partial charge in [0.15, 0.2) is 0 Å². The molecule has 0 radical (unpaired) electrons. The zero-order chi connectivity index (χ0) is 14.4. The Hall–Kier alpha value is -2.07. The first-order chi connectivity index (χ1) is 9.70. The molecule has 0 spiro atoms. The first-order valence-corrected chi connectivity index (χ1v) is 6.81. The topological polar surface area (TPSA) is 60.2 Å². The van der Waals surface area contributed by atoms with Crippen molar-refractivity contribution in [2.24, 2.45) is 0 Å². The molecule has 3 N–H and O–H groups in total. The number of aryl methyl sites for hydroxylation is 1. The third-order valence-corrected chi connectivity index (χ3v) is 3.08. The highest BCUT2D eigenvalue weighted by Crippen LogP contribution is 2.18. The van der Waals surface area contributed by atoms with Crippen molar-refractivity contribution < 1.29 is 4.74 Å². The van der Waals surface area contributed by atoms with Crippen LogP contribution >= 0.6 is 0 Å². The third-order valence-electron chi connectivity index (χ3n) is 3.08. The number of benzene rings is 1. The second-order valence-corrected chi connectivity index (χ2v) is 4.71. The maximum absolute atomic E-state index is 5.95. The summed E-state index contributed by atoms with van der Waals surface area (Å²) in [6, 6.07) is 10.1. The van der Waals surface area contributed by atoms with Crippen molar-refractivity contribution in [2.45, 2.75) is 27.0 Å². The summed E-state index contributed by atoms with van der Waals surface area (Å²) in [6.45, 7) is 6.01. The zero-order valence-corrected chi connectivity index (χ0v) is 12.0. The van der Waals surface area contributed by atoms with Crippen LogP contribution in [0.3, 0.4) is 0 Å². The van der Waals surface area contributed by atoms with Crippen molar-refractivity contribution in [1.29, 1.82) is 0 Å². The molecule has 4 heteroatoms. The molecular weight excluding hydrogens is 250 g/mol. The van der Waals surface area contributed by atoms with Gasteiger partial charge in [-0.15, -0.1) is 0 Å². The highest BCUT2D eigenvalue weighted by atomic mass is 16.5. The lowest BCUT2D eigenvalue weighted by Crippen LogP contribution is -2.07. The number of nitrogen functional groups attached to an aromatic ring is 1. The van der Waals surface area contributed by atoms with E-state index in [4.69, 9.17) is 10.5 Å². The van der Waals surface area contributed by atoms with Gasteiger partial charge in [0, 0.05) is 19.3 Å². The van der Waals surface area contributed by atoms with Crippen LogP contribution in [0.2, 0.25) is 0 Å². The molecule has 20 heavy (non-hydrogen) atoms. The van der Waals surface area contributed by atoms with E-state index in [2.05, 4.69) is 22.4 Å². The molecular formula is C16H21N3O. The van der Waals surface area contributed by atoms with Gasteiger partial charge in [-0.1, -0.05) is 24.3 Å². The Morgan fingerprint density at radius 1 is 1.25 bits per heavy atom. The lowest BCUT2D eigenvalue weighted by Gasteiger charge is -2.12. The normalized spacial score (nSPS) is 10.5. The average molecular weight is 271 g/mol. The smallest absolute Gasteiger partial charge is 0.149 e. The van der Waals surface area contributed by atoms with Crippen molar-refractivity contribution in [3.05, 3.63) is 53.2 Å². The Kier molecular flexibility index (Phi) is 4.96. The van der Waals surface area contributed by atoms with Gasteiger partial charge in [-0.3, -0.25) is 0 Å². The van der Waals surface area contributed by atoms with E-state index < -0.39 is 0 Å². The Morgan fingerprint density at radius 2 is 2.00 bits per heavy atom. The van der Waals surface area contributed by atoms with Gasteiger partial charge in [0.2, 0.25) is 0 Å². The molecule has 0 aliphatic carbocycles. The molecule has 0 atom stereocenters. The van der Waals surface area contributed by atoms with Crippen LogP contribution in [-0.4, -0.2) is 11.6 Å². The van der Waals surface area contributed by atoms with Gasteiger partial charge in [-0.25, -0.2) is 4.98 Å². The Labute approximate surface area is 120 Å². The largest absolute Gasteiger partial charge is 0.396 e. The van der Waals surface area contributed by atoms with E-state index in [0.29, 0.717) is 25.4 Å². The fourth-order valence-electron chi connectivity index (χ4n) is 2.00. The Balaban J connectivity index is 2.06. The van der Waals surface area contributed by atoms with Gasteiger partial charge in [-0.2, -0.15) is 0 Å². The van der Waals surface area contributed by atoms with Gasteiger partial charge < -0.3 is 15.8 Å². The van der Waals surface area contributed by atoms with Gasteiger partial charge in [-0.05, 0) is 36.6 Å². The van der Waals surface area contributed by atoms with Gasteiger partial charge >= 0.3 is 0 Å². The van der Waals surface area contributed by atoms with Gasteiger partial charge in [0.25, 0.3) is 0 Å². The molecule has 2 rings (SSSR count). The van der Waals surface area contributed by atoms with Crippen LogP contribution in [0.5, 0.6) is 0 Å². The van der Waals surface area contributed by atoms with E-state index in [1.165, 1.54) is 11.1 Å². The molecule has 0 saturated heterocycles. The van der Waals surface area contributed by atoms with E-state index in [-0.39, 0.29) is 0 Å². The summed E-state index contributed by atoms with van der Waals surface area (Å²) < 4.78 is 5.48. The van der Waals surface area contributed by atoms with Crippen LogP contribution in [0.1, 0.15) is 23.6 Å². The number of pyridine rings is 1. The third kappa shape index (κ3) is 3.71. The summed E-state index contributed by atoms with van der Waals surface area (Å²) in [5.74, 6) is 0.724. The summed E-state index contributed by atoms with van der Waals surface area (Å²) in [4.78, 5) is 4.32. The van der Waals surface area contributed by atoms with Gasteiger partial charge in [0.1, 0.15) is 5.82 Å². The zero-order valence-electron chi connectivity index (χ0n) is 12.0. The molecule has 0 fully saturated rings. The number of ether oxygens (including phenoxy) is 1. The number of hydrogen-bond acceptors (Lipinski definition) is 4. The summed E-state index contributed by atoms with van der Waals surface area (Å²) in [5.41, 5.74) is 10.1. The van der Waals surface area contributed by atoms with Crippen molar-refractivity contribution in [3.8, 4) is 0 Å². The highest BCUT2D eigenvalue weighted by Gasteiger charge is 2.04. The standard InChI is InChI=1S/C16H21N3O/c1-3-20-11-14-7-5-4-6-13(14)10-19-16-15(17)8-12(2)9-18-16/h4-9H,3,10-11,17H2,1-2H3,(H,18,19). The van der Waals surface area contributed by atoms with Crippen LogP contribution < -0.4 is 11.1 Å². The highest BCUT2D eigenvalue weighted by molar-refractivity contribution is 5.61. The molecule has 1 aromatic heterocycles. The molecule has 2 aromatic rings. The average Bonchev–Trinajstić information content (AvgIpc) is 2.45. The van der Waals surface area contributed by atoms with E-state index in [1.54, 1.807) is 0 Å². The lowest BCUT2D eigenvalue weighted by atomic mass is 10.1. The predicted octanol–water partition coefficient (Wildman–Crippen LogP) is 3.12. The summed E-state index contributed by atoms with van der Waals surface area (Å²) in [7, 11) is 0. The minimum Gasteiger partial charge on any atom is -0.396 e. The molecule has 0 amide bonds. The Morgan fingerprint density at radius 3 is 2.70 bits per heavy atom. The van der Waals surface area contributed by atoms with Crippen molar-refractivity contribution in [3.63, 3.8) is 0 Å². The van der Waals surface area contributed by atoms with Crippen LogP contribution in [-0.2, 0) is 17.9 Å². The molecule has 0 bridgehead atoms. The molecule has 0 unspecified atom stereocenters. The first-order valence-electron chi connectivity index (χ1n) is 6.81. The number of aromatic nitrogens is 1. The fraction of sp³-hybridized carbons (Fsp3) is 0.312. The van der Waals surface area contributed by atoms with E-state index >= 15 is 0 Å². The molecule has 0 saturated carbocycles. The van der Waals surface area contributed by atoms with E-state index in [1.807, 2.05) is 38.2 Å². The maximum atomic E-state index is 5.95. The van der Waals surface area contributed by atoms with Crippen molar-refractivity contribution in [2.75, 3.05) is 17.7 Å². The van der Waals surface area contributed by atoms with Crippen LogP contribution in [0, 0.1) is 6.92 Å². The SMILES string of the molecule is CCOCc1ccccc1CNc1ncc(C)cc1N. The molecule has 1 aromatic carbocycles. The summed E-state index contributed by atoms with van der Waals surface area (Å²) in [5, 5.41) is 3.28. The minimum absolute atomic E-state index is 0.630. The second-order valence-electron chi connectivity index (χ2n) is 4.71. The molecule has 106 valence electrons.